The summed E-state index contributed by atoms with van der Waals surface area (Å²) in [5.41, 5.74) is 0.151. The summed E-state index contributed by atoms with van der Waals surface area (Å²) in [6, 6.07) is 3.79. The molecule has 7 heteroatoms. The maximum absolute atomic E-state index is 12.1. The first-order chi connectivity index (χ1) is 9.43. The average molecular weight is 352 g/mol. The van der Waals surface area contributed by atoms with E-state index in [4.69, 9.17) is 22.3 Å². The van der Waals surface area contributed by atoms with Crippen LogP contribution in [0.3, 0.4) is 0 Å². The lowest BCUT2D eigenvalue weighted by Gasteiger charge is -2.27. The van der Waals surface area contributed by atoms with E-state index in [-0.39, 0.29) is 26.8 Å². The smallest absolute Gasteiger partial charge is 0.261 e. The summed E-state index contributed by atoms with van der Waals surface area (Å²) in [4.78, 5) is 12.0. The molecule has 1 atom stereocenters. The normalized spacial score (nSPS) is 13.8. The Morgan fingerprint density at radius 3 is 2.38 bits per heavy atom. The monoisotopic (exact) mass is 351 g/mol. The largest absolute Gasteiger partial charge is 0.352 e. The Kier molecular flexibility index (Phi) is 5.69. The van der Waals surface area contributed by atoms with E-state index in [1.54, 1.807) is 0 Å². The fraction of sp³-hybridized carbons (Fsp3) is 0.500. The van der Waals surface area contributed by atoms with E-state index < -0.39 is 15.0 Å². The van der Waals surface area contributed by atoms with Gasteiger partial charge in [-0.25, -0.2) is 8.42 Å². The Balaban J connectivity index is 2.93. The summed E-state index contributed by atoms with van der Waals surface area (Å²) < 4.78 is 22.6. The summed E-state index contributed by atoms with van der Waals surface area (Å²) in [7, 11) is 1.38. The topological polar surface area (TPSA) is 63.2 Å². The van der Waals surface area contributed by atoms with Gasteiger partial charge in [0.25, 0.3) is 15.0 Å². The zero-order chi connectivity index (χ0) is 16.4. The van der Waals surface area contributed by atoms with E-state index in [2.05, 4.69) is 26.1 Å². The van der Waals surface area contributed by atoms with Gasteiger partial charge in [-0.05, 0) is 29.5 Å². The second-order valence-corrected chi connectivity index (χ2v) is 9.03. The van der Waals surface area contributed by atoms with Crippen molar-refractivity contribution in [2.45, 2.75) is 32.6 Å². The lowest BCUT2D eigenvalue weighted by atomic mass is 9.82. The number of nitrogens with one attached hydrogen (secondary N) is 1. The van der Waals surface area contributed by atoms with Crippen molar-refractivity contribution in [3.63, 3.8) is 0 Å². The molecule has 0 saturated carbocycles. The van der Waals surface area contributed by atoms with Crippen molar-refractivity contribution >= 4 is 37.2 Å². The first-order valence-corrected chi connectivity index (χ1v) is 9.14. The molecular formula is C14H19Cl2NO3S. The average Bonchev–Trinajstić information content (AvgIpc) is 2.33. The minimum Gasteiger partial charge on any atom is -0.352 e. The van der Waals surface area contributed by atoms with Crippen LogP contribution < -0.4 is 5.32 Å². The van der Waals surface area contributed by atoms with Gasteiger partial charge in [0.2, 0.25) is 0 Å². The molecule has 1 aromatic carbocycles. The SMILES string of the molecule is CC(CNC(=O)c1cc(S(=O)(=O)Cl)ccc1Cl)C(C)(C)C. The molecule has 118 valence electrons. The van der Waals surface area contributed by atoms with Crippen LogP contribution in [-0.2, 0) is 9.05 Å². The van der Waals surface area contributed by atoms with Crippen molar-refractivity contribution in [1.82, 2.24) is 5.32 Å². The molecule has 1 unspecified atom stereocenters. The van der Waals surface area contributed by atoms with Crippen molar-refractivity contribution in [1.29, 1.82) is 0 Å². The molecule has 0 aromatic heterocycles. The molecule has 21 heavy (non-hydrogen) atoms. The van der Waals surface area contributed by atoms with E-state index in [0.717, 1.165) is 0 Å². The lowest BCUT2D eigenvalue weighted by molar-refractivity contribution is 0.0937. The highest BCUT2D eigenvalue weighted by Crippen LogP contribution is 2.25. The standard InChI is InChI=1S/C14H19Cl2NO3S/c1-9(14(2,3)4)8-17-13(18)11-7-10(21(16,19)20)5-6-12(11)15/h5-7,9H,8H2,1-4H3,(H,17,18). The molecule has 0 saturated heterocycles. The maximum Gasteiger partial charge on any atom is 0.261 e. The number of benzene rings is 1. The van der Waals surface area contributed by atoms with Gasteiger partial charge < -0.3 is 5.32 Å². The summed E-state index contributed by atoms with van der Waals surface area (Å²) in [5, 5.41) is 2.94. The molecule has 0 bridgehead atoms. The second-order valence-electron chi connectivity index (χ2n) is 6.06. The zero-order valence-electron chi connectivity index (χ0n) is 12.4. The number of carbonyl (C=O) groups is 1. The molecule has 0 heterocycles. The van der Waals surface area contributed by atoms with Crippen molar-refractivity contribution in [3.8, 4) is 0 Å². The summed E-state index contributed by atoms with van der Waals surface area (Å²) in [5.74, 6) is -0.168. The van der Waals surface area contributed by atoms with E-state index in [9.17, 15) is 13.2 Å². The Bertz CT molecular complexity index is 636. The molecule has 0 aliphatic carbocycles. The molecule has 4 nitrogen and oxygen atoms in total. The number of amides is 1. The predicted molar refractivity (Wildman–Crippen MR) is 85.4 cm³/mol. The van der Waals surface area contributed by atoms with Crippen LogP contribution in [0.4, 0.5) is 0 Å². The summed E-state index contributed by atoms with van der Waals surface area (Å²) in [6.45, 7) is 8.74. The predicted octanol–water partition coefficient (Wildman–Crippen LogP) is 3.68. The van der Waals surface area contributed by atoms with Crippen LogP contribution in [0.5, 0.6) is 0 Å². The molecule has 1 amide bonds. The van der Waals surface area contributed by atoms with E-state index in [0.29, 0.717) is 6.54 Å². The van der Waals surface area contributed by atoms with Crippen LogP contribution in [0, 0.1) is 11.3 Å². The molecule has 0 aliphatic heterocycles. The van der Waals surface area contributed by atoms with Crippen LogP contribution in [0.1, 0.15) is 38.1 Å². The Hall–Kier alpha value is -0.780. The fourth-order valence-electron chi connectivity index (χ4n) is 1.48. The minimum atomic E-state index is -3.90. The third kappa shape index (κ3) is 5.16. The molecule has 1 N–H and O–H groups in total. The van der Waals surface area contributed by atoms with Gasteiger partial charge in [-0.2, -0.15) is 0 Å². The van der Waals surface area contributed by atoms with Gasteiger partial charge in [0.05, 0.1) is 15.5 Å². The Morgan fingerprint density at radius 1 is 1.33 bits per heavy atom. The summed E-state index contributed by atoms with van der Waals surface area (Å²) >= 11 is 5.95. The fourth-order valence-corrected chi connectivity index (χ4v) is 2.46. The Labute approximate surface area is 135 Å². The number of hydrogen-bond donors (Lipinski definition) is 1. The van der Waals surface area contributed by atoms with Crippen molar-refractivity contribution in [2.75, 3.05) is 6.54 Å². The van der Waals surface area contributed by atoms with Gasteiger partial charge in [-0.3, -0.25) is 4.79 Å². The molecule has 0 spiro atoms. The third-order valence-electron chi connectivity index (χ3n) is 3.51. The van der Waals surface area contributed by atoms with Gasteiger partial charge in [0, 0.05) is 17.2 Å². The Morgan fingerprint density at radius 2 is 1.90 bits per heavy atom. The summed E-state index contributed by atoms with van der Waals surface area (Å²) in [6.07, 6.45) is 0. The highest BCUT2D eigenvalue weighted by atomic mass is 35.7. The number of halogens is 2. The van der Waals surface area contributed by atoms with Crippen LogP contribution in [0.25, 0.3) is 0 Å². The van der Waals surface area contributed by atoms with E-state index in [1.807, 2.05) is 6.92 Å². The van der Waals surface area contributed by atoms with Crippen LogP contribution >= 0.6 is 22.3 Å². The quantitative estimate of drug-likeness (QED) is 0.841. The molecule has 0 radical (unpaired) electrons. The van der Waals surface area contributed by atoms with Crippen LogP contribution in [-0.4, -0.2) is 20.9 Å². The van der Waals surface area contributed by atoms with Crippen molar-refractivity contribution in [2.24, 2.45) is 11.3 Å². The molecule has 0 fully saturated rings. The van der Waals surface area contributed by atoms with Crippen molar-refractivity contribution < 1.29 is 13.2 Å². The zero-order valence-corrected chi connectivity index (χ0v) is 14.7. The molecule has 0 aliphatic rings. The molecule has 1 aromatic rings. The van der Waals surface area contributed by atoms with Gasteiger partial charge in [-0.1, -0.05) is 39.3 Å². The first kappa shape index (κ1) is 18.3. The highest BCUT2D eigenvalue weighted by Gasteiger charge is 2.22. The van der Waals surface area contributed by atoms with Crippen LogP contribution in [0.2, 0.25) is 5.02 Å². The highest BCUT2D eigenvalue weighted by molar-refractivity contribution is 8.13. The maximum atomic E-state index is 12.1. The number of carbonyl (C=O) groups excluding carboxylic acids is 1. The molecular weight excluding hydrogens is 333 g/mol. The number of rotatable bonds is 4. The van der Waals surface area contributed by atoms with Gasteiger partial charge >= 0.3 is 0 Å². The van der Waals surface area contributed by atoms with E-state index >= 15 is 0 Å². The van der Waals surface area contributed by atoms with Crippen LogP contribution in [0.15, 0.2) is 23.1 Å². The van der Waals surface area contributed by atoms with Crippen molar-refractivity contribution in [3.05, 3.63) is 28.8 Å². The molecule has 1 rings (SSSR count). The lowest BCUT2D eigenvalue weighted by Crippen LogP contribution is -2.33. The van der Waals surface area contributed by atoms with E-state index in [1.165, 1.54) is 18.2 Å². The first-order valence-electron chi connectivity index (χ1n) is 6.45. The number of hydrogen-bond acceptors (Lipinski definition) is 3. The third-order valence-corrected chi connectivity index (χ3v) is 5.19. The second kappa shape index (κ2) is 6.55. The van der Waals surface area contributed by atoms with Gasteiger partial charge in [-0.15, -0.1) is 0 Å². The minimum absolute atomic E-state index is 0.0540. The van der Waals surface area contributed by atoms with Gasteiger partial charge in [0.15, 0.2) is 0 Å². The van der Waals surface area contributed by atoms with Gasteiger partial charge in [0.1, 0.15) is 0 Å².